The summed E-state index contributed by atoms with van der Waals surface area (Å²) < 4.78 is 0. The zero-order chi connectivity index (χ0) is 15.5. The molecule has 3 rings (SSSR count). The van der Waals surface area contributed by atoms with Gasteiger partial charge in [0.2, 0.25) is 5.91 Å². The Hall–Kier alpha value is -1.69. The molecule has 5 nitrogen and oxygen atoms in total. The number of rotatable bonds is 5. The van der Waals surface area contributed by atoms with Crippen LogP contribution in [0.25, 0.3) is 0 Å². The van der Waals surface area contributed by atoms with Gasteiger partial charge in [0, 0.05) is 37.2 Å². The van der Waals surface area contributed by atoms with Crippen LogP contribution in [0.3, 0.4) is 0 Å². The highest BCUT2D eigenvalue weighted by Gasteiger charge is 2.21. The van der Waals surface area contributed by atoms with Gasteiger partial charge in [-0.3, -0.25) is 9.89 Å². The van der Waals surface area contributed by atoms with Crippen LogP contribution in [0.15, 0.2) is 11.6 Å². The zero-order valence-corrected chi connectivity index (χ0v) is 13.9. The number of nitrogens with zero attached hydrogens (tertiary/aromatic N) is 3. The van der Waals surface area contributed by atoms with Gasteiger partial charge < -0.3 is 4.90 Å². The van der Waals surface area contributed by atoms with Gasteiger partial charge in [0.1, 0.15) is 5.01 Å². The minimum atomic E-state index is 0.0283. The molecule has 2 aromatic heterocycles. The number of fused-ring (bicyclic) bond motifs is 1. The summed E-state index contributed by atoms with van der Waals surface area (Å²) in [5, 5.41) is 10.5. The highest BCUT2D eigenvalue weighted by atomic mass is 32.1. The molecule has 1 atom stereocenters. The number of aryl methyl sites for hydroxylation is 2. The maximum atomic E-state index is 12.4. The molecule has 0 unspecified atom stereocenters. The summed E-state index contributed by atoms with van der Waals surface area (Å²) in [6, 6.07) is 0.0283. The molecule has 1 N–H and O–H groups in total. The van der Waals surface area contributed by atoms with Crippen LogP contribution in [-0.4, -0.2) is 33.0 Å². The van der Waals surface area contributed by atoms with E-state index in [-0.39, 0.29) is 11.9 Å². The molecule has 1 amide bonds. The van der Waals surface area contributed by atoms with Gasteiger partial charge in [-0.15, -0.1) is 11.3 Å². The van der Waals surface area contributed by atoms with Crippen molar-refractivity contribution in [1.82, 2.24) is 20.1 Å². The minimum Gasteiger partial charge on any atom is -0.337 e. The Labute approximate surface area is 134 Å². The quantitative estimate of drug-likeness (QED) is 0.922. The fourth-order valence-electron chi connectivity index (χ4n) is 2.98. The van der Waals surface area contributed by atoms with Crippen molar-refractivity contribution in [1.29, 1.82) is 0 Å². The van der Waals surface area contributed by atoms with Crippen molar-refractivity contribution in [3.05, 3.63) is 33.5 Å². The summed E-state index contributed by atoms with van der Waals surface area (Å²) >= 11 is 1.59. The summed E-state index contributed by atoms with van der Waals surface area (Å²) in [4.78, 5) is 18.5. The first-order valence-electron chi connectivity index (χ1n) is 7.87. The number of aromatic amines is 1. The van der Waals surface area contributed by atoms with Gasteiger partial charge in [0.15, 0.2) is 0 Å². The second-order valence-electron chi connectivity index (χ2n) is 5.89. The third kappa shape index (κ3) is 3.06. The first kappa shape index (κ1) is 15.2. The maximum absolute atomic E-state index is 12.4. The van der Waals surface area contributed by atoms with Crippen LogP contribution >= 0.6 is 11.3 Å². The maximum Gasteiger partial charge on any atom is 0.223 e. The van der Waals surface area contributed by atoms with Gasteiger partial charge >= 0.3 is 0 Å². The summed E-state index contributed by atoms with van der Waals surface area (Å²) in [7, 11) is 1.86. The van der Waals surface area contributed by atoms with Crippen LogP contribution in [0.1, 0.15) is 54.2 Å². The lowest BCUT2D eigenvalue weighted by Gasteiger charge is -2.23. The molecule has 1 aliphatic rings. The Bertz CT molecular complexity index is 635. The molecule has 2 heterocycles. The lowest BCUT2D eigenvalue weighted by Crippen LogP contribution is -2.29. The first-order chi connectivity index (χ1) is 10.7. The molecule has 6 heteroatoms. The van der Waals surface area contributed by atoms with Gasteiger partial charge in [0.25, 0.3) is 0 Å². The third-order valence-corrected chi connectivity index (χ3v) is 5.45. The average Bonchev–Trinajstić information content (AvgIpc) is 3.21. The molecule has 0 saturated carbocycles. The number of carbonyl (C=O) groups is 1. The summed E-state index contributed by atoms with van der Waals surface area (Å²) in [6.07, 6.45) is 7.67. The molecule has 0 fully saturated rings. The molecule has 118 valence electrons. The van der Waals surface area contributed by atoms with E-state index in [0.717, 1.165) is 30.0 Å². The predicted octanol–water partition coefficient (Wildman–Crippen LogP) is 2.90. The first-order valence-corrected chi connectivity index (χ1v) is 8.75. The van der Waals surface area contributed by atoms with Crippen LogP contribution in [-0.2, 0) is 24.1 Å². The number of nitrogens with one attached hydrogen (secondary N) is 1. The number of H-pyrrole nitrogens is 1. The number of hydrogen-bond acceptors (Lipinski definition) is 4. The van der Waals surface area contributed by atoms with E-state index >= 15 is 0 Å². The minimum absolute atomic E-state index is 0.0283. The van der Waals surface area contributed by atoms with E-state index in [1.165, 1.54) is 24.1 Å². The molecular formula is C16H22N4OS. The van der Waals surface area contributed by atoms with Crippen molar-refractivity contribution in [2.45, 2.75) is 51.5 Å². The second kappa shape index (κ2) is 6.60. The van der Waals surface area contributed by atoms with Gasteiger partial charge in [-0.05, 0) is 38.2 Å². The smallest absolute Gasteiger partial charge is 0.223 e. The summed E-state index contributed by atoms with van der Waals surface area (Å²) in [5.41, 5.74) is 3.71. The van der Waals surface area contributed by atoms with Gasteiger partial charge in [0.05, 0.1) is 11.7 Å². The molecule has 0 aliphatic heterocycles. The highest BCUT2D eigenvalue weighted by molar-refractivity contribution is 7.09. The third-order valence-electron chi connectivity index (χ3n) is 4.50. The van der Waals surface area contributed by atoms with Gasteiger partial charge in [-0.25, -0.2) is 4.98 Å². The van der Waals surface area contributed by atoms with Crippen molar-refractivity contribution in [2.24, 2.45) is 0 Å². The van der Waals surface area contributed by atoms with Crippen LogP contribution < -0.4 is 0 Å². The SMILES string of the molecule is C[C@@H](c1nccs1)N(C)C(=O)CCc1n[nH]c2c1CCCC2. The molecule has 1 aliphatic carbocycles. The fraction of sp³-hybridized carbons (Fsp3) is 0.562. The van der Waals surface area contributed by atoms with Crippen molar-refractivity contribution < 1.29 is 4.79 Å². The van der Waals surface area contributed by atoms with Crippen LogP contribution in [0.5, 0.6) is 0 Å². The van der Waals surface area contributed by atoms with E-state index in [9.17, 15) is 4.79 Å². The molecule has 2 aromatic rings. The Kier molecular flexibility index (Phi) is 4.57. The Balaban J connectivity index is 1.59. The zero-order valence-electron chi connectivity index (χ0n) is 13.1. The molecule has 0 aromatic carbocycles. The Morgan fingerprint density at radius 1 is 1.45 bits per heavy atom. The van der Waals surface area contributed by atoms with E-state index < -0.39 is 0 Å². The van der Waals surface area contributed by atoms with E-state index in [0.29, 0.717) is 6.42 Å². The van der Waals surface area contributed by atoms with E-state index in [4.69, 9.17) is 0 Å². The van der Waals surface area contributed by atoms with Gasteiger partial charge in [-0.2, -0.15) is 5.10 Å². The van der Waals surface area contributed by atoms with Crippen LogP contribution in [0.4, 0.5) is 0 Å². The van der Waals surface area contributed by atoms with Crippen LogP contribution in [0, 0.1) is 0 Å². The number of carbonyl (C=O) groups excluding carboxylic acids is 1. The Morgan fingerprint density at radius 3 is 3.05 bits per heavy atom. The highest BCUT2D eigenvalue weighted by Crippen LogP contribution is 2.24. The molecular weight excluding hydrogens is 296 g/mol. The number of thiazole rings is 1. The van der Waals surface area contributed by atoms with Crippen molar-refractivity contribution in [2.75, 3.05) is 7.05 Å². The average molecular weight is 318 g/mol. The van der Waals surface area contributed by atoms with Crippen molar-refractivity contribution in [3.63, 3.8) is 0 Å². The number of amides is 1. The van der Waals surface area contributed by atoms with Crippen LogP contribution in [0.2, 0.25) is 0 Å². The van der Waals surface area contributed by atoms with Gasteiger partial charge in [-0.1, -0.05) is 0 Å². The van der Waals surface area contributed by atoms with Crippen molar-refractivity contribution >= 4 is 17.2 Å². The topological polar surface area (TPSA) is 61.9 Å². The number of hydrogen-bond donors (Lipinski definition) is 1. The summed E-state index contributed by atoms with van der Waals surface area (Å²) in [6.45, 7) is 2.02. The molecule has 0 spiro atoms. The second-order valence-corrected chi connectivity index (χ2v) is 6.81. The standard InChI is InChI=1S/C16H22N4OS/c1-11(16-17-9-10-22-16)20(2)15(21)8-7-14-12-5-3-4-6-13(12)18-19-14/h9-11H,3-8H2,1-2H3,(H,18,19)/t11-/m0/s1. The lowest BCUT2D eigenvalue weighted by atomic mass is 9.94. The normalized spacial score (nSPS) is 15.4. The van der Waals surface area contributed by atoms with Crippen molar-refractivity contribution in [3.8, 4) is 0 Å². The molecule has 0 bridgehead atoms. The van der Waals surface area contributed by atoms with E-state index in [1.54, 1.807) is 22.4 Å². The molecule has 22 heavy (non-hydrogen) atoms. The lowest BCUT2D eigenvalue weighted by molar-refractivity contribution is -0.131. The molecule has 0 radical (unpaired) electrons. The Morgan fingerprint density at radius 2 is 2.27 bits per heavy atom. The van der Waals surface area contributed by atoms with E-state index in [2.05, 4.69) is 15.2 Å². The number of aromatic nitrogens is 3. The molecule has 0 saturated heterocycles. The summed E-state index contributed by atoms with van der Waals surface area (Å²) in [5.74, 6) is 0.148. The largest absolute Gasteiger partial charge is 0.337 e. The predicted molar refractivity (Wildman–Crippen MR) is 86.8 cm³/mol. The monoisotopic (exact) mass is 318 g/mol. The van der Waals surface area contributed by atoms with E-state index in [1.807, 2.05) is 19.4 Å². The fourth-order valence-corrected chi connectivity index (χ4v) is 3.72.